The molecule has 0 unspecified atom stereocenters. The fraction of sp³-hybridized carbons (Fsp3) is 0.190. The molecule has 142 valence electrons. The van der Waals surface area contributed by atoms with Crippen LogP contribution in [0.3, 0.4) is 0 Å². The summed E-state index contributed by atoms with van der Waals surface area (Å²) in [6.07, 6.45) is 0. The summed E-state index contributed by atoms with van der Waals surface area (Å²) in [5.74, 6) is -3.14. The fourth-order valence-corrected chi connectivity index (χ4v) is 3.80. The number of nitrogens with one attached hydrogen (secondary N) is 1. The van der Waals surface area contributed by atoms with Crippen molar-refractivity contribution >= 4 is 39.4 Å². The second-order valence-corrected chi connectivity index (χ2v) is 6.77. The van der Waals surface area contributed by atoms with Gasteiger partial charge in [0.05, 0.1) is 0 Å². The summed E-state index contributed by atoms with van der Waals surface area (Å²) >= 11 is 0. The zero-order valence-electron chi connectivity index (χ0n) is 14.8. The van der Waals surface area contributed by atoms with Crippen LogP contribution in [-0.2, 0) is 9.59 Å². The SMILES string of the molecule is O=C(O)[C@@H]1[C@H](C(=O)O)NCCN1C(=O)c1ccc2ccc3ccccc3c2c1. The minimum atomic E-state index is -1.47. The lowest BCUT2D eigenvalue weighted by Crippen LogP contribution is -2.65. The molecule has 1 aliphatic heterocycles. The van der Waals surface area contributed by atoms with Crippen LogP contribution in [0.1, 0.15) is 10.4 Å². The van der Waals surface area contributed by atoms with E-state index in [2.05, 4.69) is 5.32 Å². The molecule has 1 fully saturated rings. The molecule has 0 saturated carbocycles. The lowest BCUT2D eigenvalue weighted by molar-refractivity contribution is -0.152. The minimum Gasteiger partial charge on any atom is -0.480 e. The van der Waals surface area contributed by atoms with Gasteiger partial charge in [0.25, 0.3) is 5.91 Å². The highest BCUT2D eigenvalue weighted by Gasteiger charge is 2.43. The summed E-state index contributed by atoms with van der Waals surface area (Å²) < 4.78 is 0. The maximum atomic E-state index is 13.1. The van der Waals surface area contributed by atoms with Crippen LogP contribution in [0, 0.1) is 0 Å². The number of fused-ring (bicyclic) bond motifs is 3. The molecule has 0 aliphatic carbocycles. The molecule has 3 aromatic carbocycles. The third-order valence-corrected chi connectivity index (χ3v) is 5.14. The van der Waals surface area contributed by atoms with Crippen molar-refractivity contribution < 1.29 is 24.6 Å². The third-order valence-electron chi connectivity index (χ3n) is 5.14. The Morgan fingerprint density at radius 2 is 1.57 bits per heavy atom. The predicted molar refractivity (Wildman–Crippen MR) is 103 cm³/mol. The van der Waals surface area contributed by atoms with Crippen molar-refractivity contribution in [3.63, 3.8) is 0 Å². The molecule has 1 saturated heterocycles. The summed E-state index contributed by atoms with van der Waals surface area (Å²) in [5.41, 5.74) is 0.334. The average molecular weight is 378 g/mol. The van der Waals surface area contributed by atoms with E-state index in [1.54, 1.807) is 12.1 Å². The summed E-state index contributed by atoms with van der Waals surface area (Å²) in [6, 6.07) is 14.2. The summed E-state index contributed by atoms with van der Waals surface area (Å²) in [6.45, 7) is 0.330. The second kappa shape index (κ2) is 6.94. The molecular weight excluding hydrogens is 360 g/mol. The summed E-state index contributed by atoms with van der Waals surface area (Å²) in [5, 5.41) is 25.4. The topological polar surface area (TPSA) is 107 Å². The van der Waals surface area contributed by atoms with Crippen LogP contribution in [0.4, 0.5) is 0 Å². The van der Waals surface area contributed by atoms with Gasteiger partial charge in [0.1, 0.15) is 6.04 Å². The van der Waals surface area contributed by atoms with Crippen molar-refractivity contribution in [3.8, 4) is 0 Å². The molecule has 1 heterocycles. The van der Waals surface area contributed by atoms with Gasteiger partial charge in [0.15, 0.2) is 6.04 Å². The number of carboxylic acids is 2. The van der Waals surface area contributed by atoms with Gasteiger partial charge >= 0.3 is 11.9 Å². The van der Waals surface area contributed by atoms with Gasteiger partial charge in [-0.2, -0.15) is 0 Å². The van der Waals surface area contributed by atoms with E-state index in [1.165, 1.54) is 0 Å². The number of carboxylic acid groups (broad SMARTS) is 2. The number of rotatable bonds is 3. The zero-order chi connectivity index (χ0) is 19.8. The Labute approximate surface area is 160 Å². The Morgan fingerprint density at radius 3 is 2.29 bits per heavy atom. The fourth-order valence-electron chi connectivity index (χ4n) is 3.80. The first-order chi connectivity index (χ1) is 13.5. The molecule has 0 aromatic heterocycles. The van der Waals surface area contributed by atoms with Gasteiger partial charge in [0.2, 0.25) is 0 Å². The van der Waals surface area contributed by atoms with E-state index in [1.807, 2.05) is 42.5 Å². The van der Waals surface area contributed by atoms with Crippen molar-refractivity contribution in [3.05, 3.63) is 60.2 Å². The predicted octanol–water partition coefficient (Wildman–Crippen LogP) is 1.94. The first kappa shape index (κ1) is 17.9. The number of hydrogen-bond donors (Lipinski definition) is 3. The number of amides is 1. The lowest BCUT2D eigenvalue weighted by atomic mass is 9.98. The maximum Gasteiger partial charge on any atom is 0.328 e. The number of hydrogen-bond acceptors (Lipinski definition) is 4. The van der Waals surface area contributed by atoms with Crippen LogP contribution in [-0.4, -0.2) is 58.1 Å². The van der Waals surface area contributed by atoms with E-state index < -0.39 is 29.9 Å². The summed E-state index contributed by atoms with van der Waals surface area (Å²) in [7, 11) is 0. The lowest BCUT2D eigenvalue weighted by Gasteiger charge is -2.37. The van der Waals surface area contributed by atoms with Crippen LogP contribution in [0.25, 0.3) is 21.5 Å². The van der Waals surface area contributed by atoms with E-state index in [-0.39, 0.29) is 13.1 Å². The number of benzene rings is 3. The molecule has 0 radical (unpaired) electrons. The molecule has 28 heavy (non-hydrogen) atoms. The molecule has 3 N–H and O–H groups in total. The highest BCUT2D eigenvalue weighted by molar-refractivity contribution is 6.10. The van der Waals surface area contributed by atoms with Gasteiger partial charge in [-0.3, -0.25) is 9.59 Å². The third kappa shape index (κ3) is 2.95. The van der Waals surface area contributed by atoms with Gasteiger partial charge in [-0.05, 0) is 33.7 Å². The quantitative estimate of drug-likeness (QED) is 0.602. The van der Waals surface area contributed by atoms with Crippen molar-refractivity contribution in [1.29, 1.82) is 0 Å². The van der Waals surface area contributed by atoms with Crippen LogP contribution in [0.5, 0.6) is 0 Å². The van der Waals surface area contributed by atoms with Gasteiger partial charge in [-0.15, -0.1) is 0 Å². The van der Waals surface area contributed by atoms with Crippen molar-refractivity contribution in [2.75, 3.05) is 13.1 Å². The second-order valence-electron chi connectivity index (χ2n) is 6.77. The Morgan fingerprint density at radius 1 is 0.893 bits per heavy atom. The molecule has 4 rings (SSSR count). The molecule has 3 aromatic rings. The largest absolute Gasteiger partial charge is 0.480 e. The molecule has 7 heteroatoms. The van der Waals surface area contributed by atoms with Crippen LogP contribution in [0.2, 0.25) is 0 Å². The number of aliphatic carboxylic acids is 2. The molecule has 7 nitrogen and oxygen atoms in total. The highest BCUT2D eigenvalue weighted by Crippen LogP contribution is 2.27. The number of carbonyl (C=O) groups is 3. The molecule has 0 spiro atoms. The first-order valence-corrected chi connectivity index (χ1v) is 8.89. The van der Waals surface area contributed by atoms with E-state index >= 15 is 0 Å². The Bertz CT molecular complexity index is 1110. The van der Waals surface area contributed by atoms with Crippen LogP contribution >= 0.6 is 0 Å². The van der Waals surface area contributed by atoms with Gasteiger partial charge < -0.3 is 20.4 Å². The summed E-state index contributed by atoms with van der Waals surface area (Å²) in [4.78, 5) is 37.4. The van der Waals surface area contributed by atoms with Crippen molar-refractivity contribution in [2.24, 2.45) is 0 Å². The number of carbonyl (C=O) groups excluding carboxylic acids is 1. The van der Waals surface area contributed by atoms with Crippen molar-refractivity contribution in [1.82, 2.24) is 10.2 Å². The molecule has 1 aliphatic rings. The monoisotopic (exact) mass is 378 g/mol. The van der Waals surface area contributed by atoms with Crippen LogP contribution in [0.15, 0.2) is 54.6 Å². The standard InChI is InChI=1S/C21H18N2O5/c24-19(23-10-9-22-17(20(25)26)18(23)21(27)28)14-8-7-13-6-5-12-3-1-2-4-15(12)16(13)11-14/h1-8,11,17-18,22H,9-10H2,(H,25,26)(H,27,28)/t17-,18+/m1/s1. The Hall–Kier alpha value is -3.45. The average Bonchev–Trinajstić information content (AvgIpc) is 2.72. The normalized spacial score (nSPS) is 19.6. The molecule has 1 amide bonds. The van der Waals surface area contributed by atoms with Gasteiger partial charge in [-0.1, -0.05) is 42.5 Å². The van der Waals surface area contributed by atoms with Crippen LogP contribution < -0.4 is 5.32 Å². The number of piperazine rings is 1. The highest BCUT2D eigenvalue weighted by atomic mass is 16.4. The van der Waals surface area contributed by atoms with Crippen molar-refractivity contribution in [2.45, 2.75) is 12.1 Å². The van der Waals surface area contributed by atoms with E-state index in [0.717, 1.165) is 26.4 Å². The maximum absolute atomic E-state index is 13.1. The van der Waals surface area contributed by atoms with E-state index in [4.69, 9.17) is 0 Å². The Balaban J connectivity index is 1.78. The zero-order valence-corrected chi connectivity index (χ0v) is 14.8. The van der Waals surface area contributed by atoms with E-state index in [9.17, 15) is 24.6 Å². The molecule has 0 bridgehead atoms. The van der Waals surface area contributed by atoms with E-state index in [0.29, 0.717) is 5.56 Å². The number of nitrogens with zero attached hydrogens (tertiary/aromatic N) is 1. The molecular formula is C21H18N2O5. The Kier molecular flexibility index (Phi) is 4.44. The smallest absolute Gasteiger partial charge is 0.328 e. The molecule has 2 atom stereocenters. The van der Waals surface area contributed by atoms with Gasteiger partial charge in [-0.25, -0.2) is 4.79 Å². The minimum absolute atomic E-state index is 0.118. The van der Waals surface area contributed by atoms with Gasteiger partial charge in [0, 0.05) is 18.7 Å². The first-order valence-electron chi connectivity index (χ1n) is 8.89.